The number of fused-ring (bicyclic) bond motifs is 1. The molecule has 108 valence electrons. The summed E-state index contributed by atoms with van der Waals surface area (Å²) < 4.78 is 15.4. The first kappa shape index (κ1) is 13.7. The number of hydrogen-bond donors (Lipinski definition) is 1. The standard InChI is InChI=1S/C16H17FN4/c1-18-14(11-7-12(17)10-19-9-11)8-16-20-13-5-3-4-6-15(13)21(16)2/h3-7,9-10,14,18H,8H2,1-2H3. The second-order valence-electron chi connectivity index (χ2n) is 5.06. The van der Waals surface area contributed by atoms with Crippen molar-refractivity contribution in [1.29, 1.82) is 0 Å². The molecule has 1 N–H and O–H groups in total. The van der Waals surface area contributed by atoms with Crippen LogP contribution in [0.25, 0.3) is 11.0 Å². The minimum Gasteiger partial charge on any atom is -0.331 e. The third kappa shape index (κ3) is 2.64. The number of nitrogens with zero attached hydrogens (tertiary/aromatic N) is 3. The molecular weight excluding hydrogens is 267 g/mol. The number of nitrogens with one attached hydrogen (secondary N) is 1. The van der Waals surface area contributed by atoms with Crippen LogP contribution in [0.3, 0.4) is 0 Å². The fourth-order valence-corrected chi connectivity index (χ4v) is 2.57. The van der Waals surface area contributed by atoms with E-state index in [1.54, 1.807) is 6.20 Å². The van der Waals surface area contributed by atoms with Gasteiger partial charge in [-0.05, 0) is 30.8 Å². The van der Waals surface area contributed by atoms with E-state index in [9.17, 15) is 4.39 Å². The first-order valence-corrected chi connectivity index (χ1v) is 6.87. The van der Waals surface area contributed by atoms with Gasteiger partial charge in [0.2, 0.25) is 0 Å². The number of pyridine rings is 1. The van der Waals surface area contributed by atoms with Crippen LogP contribution in [0, 0.1) is 5.82 Å². The number of benzene rings is 1. The van der Waals surface area contributed by atoms with Gasteiger partial charge >= 0.3 is 0 Å². The molecule has 3 rings (SSSR count). The molecule has 2 aromatic heterocycles. The Morgan fingerprint density at radius 2 is 2.10 bits per heavy atom. The summed E-state index contributed by atoms with van der Waals surface area (Å²) in [6.07, 6.45) is 3.57. The summed E-state index contributed by atoms with van der Waals surface area (Å²) in [4.78, 5) is 8.57. The number of hydrogen-bond acceptors (Lipinski definition) is 3. The van der Waals surface area contributed by atoms with Crippen LogP contribution in [0.2, 0.25) is 0 Å². The highest BCUT2D eigenvalue weighted by Gasteiger charge is 2.15. The highest BCUT2D eigenvalue weighted by molar-refractivity contribution is 5.75. The summed E-state index contributed by atoms with van der Waals surface area (Å²) in [5, 5.41) is 3.21. The van der Waals surface area contributed by atoms with Gasteiger partial charge in [0.1, 0.15) is 11.6 Å². The molecular formula is C16H17FN4. The maximum Gasteiger partial charge on any atom is 0.141 e. The number of aryl methyl sites for hydroxylation is 1. The van der Waals surface area contributed by atoms with E-state index in [0.717, 1.165) is 22.4 Å². The monoisotopic (exact) mass is 284 g/mol. The van der Waals surface area contributed by atoms with Crippen LogP contribution in [0.5, 0.6) is 0 Å². The predicted molar refractivity (Wildman–Crippen MR) is 80.4 cm³/mol. The minimum absolute atomic E-state index is 0.0243. The van der Waals surface area contributed by atoms with Crippen LogP contribution in [-0.4, -0.2) is 21.6 Å². The Morgan fingerprint density at radius 1 is 1.29 bits per heavy atom. The van der Waals surface area contributed by atoms with Crippen LogP contribution >= 0.6 is 0 Å². The van der Waals surface area contributed by atoms with Gasteiger partial charge in [-0.2, -0.15) is 0 Å². The SMILES string of the molecule is CNC(Cc1nc2ccccc2n1C)c1cncc(F)c1. The Labute approximate surface area is 122 Å². The lowest BCUT2D eigenvalue weighted by Gasteiger charge is -2.16. The normalized spacial score (nSPS) is 12.7. The molecule has 0 aliphatic heterocycles. The van der Waals surface area contributed by atoms with E-state index in [1.165, 1.54) is 12.3 Å². The molecule has 5 heteroatoms. The summed E-state index contributed by atoms with van der Waals surface area (Å²) in [6, 6.07) is 9.51. The highest BCUT2D eigenvalue weighted by Crippen LogP contribution is 2.21. The van der Waals surface area contributed by atoms with E-state index in [1.807, 2.05) is 38.4 Å². The number of likely N-dealkylation sites (N-methyl/N-ethyl adjacent to an activating group) is 1. The first-order valence-electron chi connectivity index (χ1n) is 6.87. The molecule has 0 radical (unpaired) electrons. The lowest BCUT2D eigenvalue weighted by Crippen LogP contribution is -2.20. The predicted octanol–water partition coefficient (Wildman–Crippen LogP) is 2.61. The van der Waals surface area contributed by atoms with Crippen LogP contribution in [-0.2, 0) is 13.5 Å². The van der Waals surface area contributed by atoms with Gasteiger partial charge in [0.15, 0.2) is 0 Å². The zero-order chi connectivity index (χ0) is 14.8. The van der Waals surface area contributed by atoms with Gasteiger partial charge in [-0.1, -0.05) is 12.1 Å². The van der Waals surface area contributed by atoms with Gasteiger partial charge in [0, 0.05) is 25.7 Å². The molecule has 0 amide bonds. The van der Waals surface area contributed by atoms with Gasteiger partial charge in [-0.3, -0.25) is 4.98 Å². The molecule has 1 aromatic carbocycles. The molecule has 0 saturated carbocycles. The molecule has 3 aromatic rings. The van der Waals surface area contributed by atoms with E-state index in [-0.39, 0.29) is 11.9 Å². The summed E-state index contributed by atoms with van der Waals surface area (Å²) in [7, 11) is 3.86. The fraction of sp³-hybridized carbons (Fsp3) is 0.250. The molecule has 0 fully saturated rings. The van der Waals surface area contributed by atoms with E-state index >= 15 is 0 Å². The van der Waals surface area contributed by atoms with E-state index < -0.39 is 0 Å². The van der Waals surface area contributed by atoms with Gasteiger partial charge in [-0.25, -0.2) is 9.37 Å². The molecule has 0 bridgehead atoms. The summed E-state index contributed by atoms with van der Waals surface area (Å²) in [5.41, 5.74) is 2.89. The Balaban J connectivity index is 1.94. The van der Waals surface area contributed by atoms with Crippen molar-refractivity contribution >= 4 is 11.0 Å². The van der Waals surface area contributed by atoms with E-state index in [0.29, 0.717) is 6.42 Å². The molecule has 1 unspecified atom stereocenters. The molecule has 2 heterocycles. The first-order chi connectivity index (χ1) is 10.2. The highest BCUT2D eigenvalue weighted by atomic mass is 19.1. The maximum atomic E-state index is 13.3. The Morgan fingerprint density at radius 3 is 2.81 bits per heavy atom. The molecule has 1 atom stereocenters. The average Bonchev–Trinajstić information content (AvgIpc) is 2.81. The molecule has 0 aliphatic carbocycles. The van der Waals surface area contributed by atoms with Crippen LogP contribution in [0.1, 0.15) is 17.4 Å². The van der Waals surface area contributed by atoms with Crippen molar-refractivity contribution in [1.82, 2.24) is 19.9 Å². The van der Waals surface area contributed by atoms with Crippen molar-refractivity contribution in [3.8, 4) is 0 Å². The fourth-order valence-electron chi connectivity index (χ4n) is 2.57. The Kier molecular flexibility index (Phi) is 3.66. The van der Waals surface area contributed by atoms with Gasteiger partial charge in [-0.15, -0.1) is 0 Å². The van der Waals surface area contributed by atoms with Crippen molar-refractivity contribution in [3.63, 3.8) is 0 Å². The summed E-state index contributed by atoms with van der Waals surface area (Å²) in [5.74, 6) is 0.637. The number of imidazole rings is 1. The number of para-hydroxylation sites is 2. The van der Waals surface area contributed by atoms with Crippen molar-refractivity contribution < 1.29 is 4.39 Å². The molecule has 4 nitrogen and oxygen atoms in total. The zero-order valence-electron chi connectivity index (χ0n) is 12.0. The van der Waals surface area contributed by atoms with Crippen molar-refractivity contribution in [2.24, 2.45) is 7.05 Å². The average molecular weight is 284 g/mol. The Hall–Kier alpha value is -2.27. The van der Waals surface area contributed by atoms with Gasteiger partial charge in [0.25, 0.3) is 0 Å². The minimum atomic E-state index is -0.322. The van der Waals surface area contributed by atoms with Crippen LogP contribution < -0.4 is 5.32 Å². The summed E-state index contributed by atoms with van der Waals surface area (Å²) in [6.45, 7) is 0. The largest absolute Gasteiger partial charge is 0.331 e. The van der Waals surface area contributed by atoms with E-state index in [2.05, 4.69) is 19.9 Å². The number of aromatic nitrogens is 3. The smallest absolute Gasteiger partial charge is 0.141 e. The lowest BCUT2D eigenvalue weighted by molar-refractivity contribution is 0.553. The zero-order valence-corrected chi connectivity index (χ0v) is 12.0. The molecule has 0 saturated heterocycles. The summed E-state index contributed by atoms with van der Waals surface area (Å²) >= 11 is 0. The number of halogens is 1. The van der Waals surface area contributed by atoms with Crippen molar-refractivity contribution in [3.05, 3.63) is 59.9 Å². The maximum absolute atomic E-state index is 13.3. The topological polar surface area (TPSA) is 42.7 Å². The molecule has 21 heavy (non-hydrogen) atoms. The van der Waals surface area contributed by atoms with E-state index in [4.69, 9.17) is 0 Å². The van der Waals surface area contributed by atoms with Crippen LogP contribution in [0.15, 0.2) is 42.7 Å². The van der Waals surface area contributed by atoms with Crippen molar-refractivity contribution in [2.45, 2.75) is 12.5 Å². The second kappa shape index (κ2) is 5.61. The van der Waals surface area contributed by atoms with Crippen LogP contribution in [0.4, 0.5) is 4.39 Å². The van der Waals surface area contributed by atoms with Gasteiger partial charge < -0.3 is 9.88 Å². The van der Waals surface area contributed by atoms with Crippen molar-refractivity contribution in [2.75, 3.05) is 7.05 Å². The quantitative estimate of drug-likeness (QED) is 0.801. The lowest BCUT2D eigenvalue weighted by atomic mass is 10.1. The van der Waals surface area contributed by atoms with Gasteiger partial charge in [0.05, 0.1) is 17.2 Å². The number of rotatable bonds is 4. The molecule has 0 spiro atoms. The third-order valence-corrected chi connectivity index (χ3v) is 3.74. The molecule has 0 aliphatic rings. The Bertz CT molecular complexity index is 766. The second-order valence-corrected chi connectivity index (χ2v) is 5.06. The third-order valence-electron chi connectivity index (χ3n) is 3.74.